The maximum atomic E-state index is 9.28. The molecule has 0 aromatic rings. The Bertz CT molecular complexity index is 77.3. The highest BCUT2D eigenvalue weighted by Gasteiger charge is 1.89. The van der Waals surface area contributed by atoms with Gasteiger partial charge < -0.3 is 0 Å². The van der Waals surface area contributed by atoms with Crippen LogP contribution in [0.15, 0.2) is 0 Å². The third-order valence-corrected chi connectivity index (χ3v) is 0.240. The van der Waals surface area contributed by atoms with Crippen LogP contribution in [0.1, 0.15) is 0 Å². The SMILES string of the molecule is O=COOOOOOC=O. The minimum absolute atomic E-state index is 0.0794. The van der Waals surface area contributed by atoms with Crippen molar-refractivity contribution < 1.29 is 39.5 Å². The van der Waals surface area contributed by atoms with Crippen molar-refractivity contribution in [3.63, 3.8) is 0 Å². The topological polar surface area (TPSA) is 89.5 Å². The van der Waals surface area contributed by atoms with Gasteiger partial charge in [0, 0.05) is 20.2 Å². The fraction of sp³-hybridized carbons (Fsp3) is 0. The average molecular weight is 154 g/mol. The van der Waals surface area contributed by atoms with Crippen LogP contribution < -0.4 is 0 Å². The summed E-state index contributed by atoms with van der Waals surface area (Å²) in [5.41, 5.74) is 0. The van der Waals surface area contributed by atoms with Gasteiger partial charge in [-0.2, -0.15) is 0 Å². The molecule has 0 heterocycles. The Morgan fingerprint density at radius 2 is 1.10 bits per heavy atom. The molecule has 0 rings (SSSR count). The van der Waals surface area contributed by atoms with Gasteiger partial charge in [-0.1, -0.05) is 0 Å². The van der Waals surface area contributed by atoms with Gasteiger partial charge in [-0.3, -0.25) is 19.4 Å². The summed E-state index contributed by atoms with van der Waals surface area (Å²) in [7, 11) is 0. The quantitative estimate of drug-likeness (QED) is 0.199. The van der Waals surface area contributed by atoms with Crippen molar-refractivity contribution in [2.45, 2.75) is 0 Å². The molecule has 0 saturated heterocycles. The van der Waals surface area contributed by atoms with E-state index in [1.165, 1.54) is 0 Å². The van der Waals surface area contributed by atoms with Crippen LogP contribution in [0.2, 0.25) is 0 Å². The summed E-state index contributed by atoms with van der Waals surface area (Å²) >= 11 is 0. The molecule has 0 bridgehead atoms. The molecule has 0 unspecified atom stereocenters. The maximum Gasteiger partial charge on any atom is 0.334 e. The predicted molar refractivity (Wildman–Crippen MR) is 18.6 cm³/mol. The third kappa shape index (κ3) is 6.78. The van der Waals surface area contributed by atoms with Crippen LogP contribution in [0.25, 0.3) is 0 Å². The molecule has 0 aliphatic rings. The Labute approximate surface area is 53.8 Å². The molecule has 0 fully saturated rings. The van der Waals surface area contributed by atoms with Gasteiger partial charge in [0.15, 0.2) is 0 Å². The second-order valence-corrected chi connectivity index (χ2v) is 0.657. The van der Waals surface area contributed by atoms with Crippen LogP contribution >= 0.6 is 0 Å². The van der Waals surface area contributed by atoms with Gasteiger partial charge in [-0.05, 0) is 0 Å². The zero-order valence-electron chi connectivity index (χ0n) is 4.42. The molecular formula is C2H2O8. The molecule has 0 aromatic carbocycles. The smallest absolute Gasteiger partial charge is 0.270 e. The molecule has 0 aromatic heterocycles. The molecule has 0 aliphatic carbocycles. The van der Waals surface area contributed by atoms with E-state index in [0.29, 0.717) is 0 Å². The summed E-state index contributed by atoms with van der Waals surface area (Å²) in [5, 5.41) is 13.7. The number of carbonyl (C=O) groups is 2. The van der Waals surface area contributed by atoms with Gasteiger partial charge in [-0.25, -0.2) is 0 Å². The molecule has 8 heteroatoms. The lowest BCUT2D eigenvalue weighted by atomic mass is 11.7. The third-order valence-electron chi connectivity index (χ3n) is 0.240. The summed E-state index contributed by atoms with van der Waals surface area (Å²) in [6, 6.07) is 0. The Balaban J connectivity index is 2.76. The minimum atomic E-state index is -0.0794. The number of rotatable bonds is 7. The molecule has 10 heavy (non-hydrogen) atoms. The number of hydrogen-bond acceptors (Lipinski definition) is 8. The largest absolute Gasteiger partial charge is 0.334 e. The van der Waals surface area contributed by atoms with Gasteiger partial charge >= 0.3 is 12.9 Å². The lowest BCUT2D eigenvalue weighted by Gasteiger charge is -1.92. The first-order valence-electron chi connectivity index (χ1n) is 1.78. The van der Waals surface area contributed by atoms with Gasteiger partial charge in [0.1, 0.15) is 0 Å². The van der Waals surface area contributed by atoms with Crippen molar-refractivity contribution in [1.29, 1.82) is 0 Å². The summed E-state index contributed by atoms with van der Waals surface area (Å²) in [5.74, 6) is 0. The van der Waals surface area contributed by atoms with Crippen LogP contribution in [0.5, 0.6) is 0 Å². The fourth-order valence-electron chi connectivity index (χ4n) is 0.0868. The van der Waals surface area contributed by atoms with E-state index in [2.05, 4.69) is 29.9 Å². The van der Waals surface area contributed by atoms with Crippen molar-refractivity contribution in [2.75, 3.05) is 0 Å². The lowest BCUT2D eigenvalue weighted by Crippen LogP contribution is -1.98. The zero-order chi connectivity index (χ0) is 7.66. The molecule has 0 radical (unpaired) electrons. The first kappa shape index (κ1) is 8.78. The average Bonchev–Trinajstić information content (AvgIpc) is 1.97. The van der Waals surface area contributed by atoms with Crippen molar-refractivity contribution >= 4 is 12.9 Å². The summed E-state index contributed by atoms with van der Waals surface area (Å²) in [6.45, 7) is -0.159. The summed E-state index contributed by atoms with van der Waals surface area (Å²) < 4.78 is 0. The molecule has 0 N–H and O–H groups in total. The van der Waals surface area contributed by atoms with E-state index in [4.69, 9.17) is 0 Å². The summed E-state index contributed by atoms with van der Waals surface area (Å²) in [6.07, 6.45) is 0. The zero-order valence-corrected chi connectivity index (χ0v) is 4.42. The molecule has 0 aliphatic heterocycles. The maximum absolute atomic E-state index is 9.28. The van der Waals surface area contributed by atoms with Gasteiger partial charge in [0.2, 0.25) is 0 Å². The van der Waals surface area contributed by atoms with E-state index >= 15 is 0 Å². The Kier molecular flexibility index (Phi) is 6.83. The summed E-state index contributed by atoms with van der Waals surface area (Å²) in [4.78, 5) is 25.5. The Hall–Kier alpha value is -1.22. The van der Waals surface area contributed by atoms with E-state index < -0.39 is 0 Å². The van der Waals surface area contributed by atoms with Crippen LogP contribution in [0.4, 0.5) is 0 Å². The van der Waals surface area contributed by atoms with Crippen molar-refractivity contribution in [3.05, 3.63) is 0 Å². The van der Waals surface area contributed by atoms with Crippen LogP contribution in [0, 0.1) is 0 Å². The highest BCUT2D eigenvalue weighted by molar-refractivity contribution is 5.35. The van der Waals surface area contributed by atoms with Crippen LogP contribution in [-0.2, 0) is 39.5 Å². The number of hydrogen-bond donors (Lipinski definition) is 0. The molecule has 58 valence electrons. The van der Waals surface area contributed by atoms with Crippen molar-refractivity contribution in [3.8, 4) is 0 Å². The first-order valence-corrected chi connectivity index (χ1v) is 1.78. The molecule has 0 atom stereocenters. The molecule has 0 saturated carbocycles. The van der Waals surface area contributed by atoms with Gasteiger partial charge in [-0.15, -0.1) is 0 Å². The van der Waals surface area contributed by atoms with Crippen LogP contribution in [0.3, 0.4) is 0 Å². The normalized spacial score (nSPS) is 8.40. The Morgan fingerprint density at radius 3 is 1.40 bits per heavy atom. The van der Waals surface area contributed by atoms with E-state index in [1.54, 1.807) is 0 Å². The molecular weight excluding hydrogens is 152 g/mol. The predicted octanol–water partition coefficient (Wildman–Crippen LogP) is -1.03. The van der Waals surface area contributed by atoms with E-state index in [0.717, 1.165) is 0 Å². The van der Waals surface area contributed by atoms with Crippen LogP contribution in [-0.4, -0.2) is 12.9 Å². The standard InChI is InChI=1S/C2H2O8/c3-1-5-7-9-10-8-6-2-4/h1-2H. The van der Waals surface area contributed by atoms with E-state index in [9.17, 15) is 9.59 Å². The van der Waals surface area contributed by atoms with Crippen molar-refractivity contribution in [1.82, 2.24) is 0 Å². The molecule has 8 nitrogen and oxygen atoms in total. The Morgan fingerprint density at radius 1 is 0.700 bits per heavy atom. The number of carbonyl (C=O) groups excluding carboxylic acids is 2. The minimum Gasteiger partial charge on any atom is -0.270 e. The van der Waals surface area contributed by atoms with E-state index in [-0.39, 0.29) is 12.9 Å². The molecule has 0 spiro atoms. The fourth-order valence-corrected chi connectivity index (χ4v) is 0.0868. The lowest BCUT2D eigenvalue weighted by molar-refractivity contribution is -0.740. The van der Waals surface area contributed by atoms with E-state index in [1.807, 2.05) is 0 Å². The monoisotopic (exact) mass is 154 g/mol. The molecule has 0 amide bonds. The second kappa shape index (κ2) is 7.78. The van der Waals surface area contributed by atoms with Gasteiger partial charge in [0.05, 0.1) is 0 Å². The highest BCUT2D eigenvalue weighted by Crippen LogP contribution is 1.82. The highest BCUT2D eigenvalue weighted by atomic mass is 17.8. The second-order valence-electron chi connectivity index (χ2n) is 0.657. The van der Waals surface area contributed by atoms with Gasteiger partial charge in [0.25, 0.3) is 0 Å². The van der Waals surface area contributed by atoms with Crippen molar-refractivity contribution in [2.24, 2.45) is 0 Å². The first-order chi connectivity index (χ1) is 4.91.